The molecule has 0 aromatic heterocycles. The first-order valence-electron chi connectivity index (χ1n) is 6.88. The van der Waals surface area contributed by atoms with Crippen LogP contribution in [0.1, 0.15) is 30.0 Å². The van der Waals surface area contributed by atoms with Crippen molar-refractivity contribution in [1.29, 1.82) is 0 Å². The summed E-state index contributed by atoms with van der Waals surface area (Å²) in [6.07, 6.45) is 4.13. The van der Waals surface area contributed by atoms with E-state index in [2.05, 4.69) is 19.1 Å². The van der Waals surface area contributed by atoms with Gasteiger partial charge in [0.1, 0.15) is 0 Å². The Labute approximate surface area is 117 Å². The van der Waals surface area contributed by atoms with E-state index in [1.165, 1.54) is 5.56 Å². The van der Waals surface area contributed by atoms with Crippen molar-refractivity contribution in [3.63, 3.8) is 0 Å². The normalized spacial score (nSPS) is 15.9. The molecule has 2 aromatic rings. The molecule has 20 heavy (non-hydrogen) atoms. The number of rotatable bonds is 2. The van der Waals surface area contributed by atoms with Crippen molar-refractivity contribution in [3.8, 4) is 11.1 Å². The molecule has 0 bridgehead atoms. The maximum absolute atomic E-state index is 13.8. The van der Waals surface area contributed by atoms with Gasteiger partial charge in [0, 0.05) is 12.0 Å². The minimum Gasteiger partial charge on any atom is -0.201 e. The summed E-state index contributed by atoms with van der Waals surface area (Å²) in [5, 5.41) is 0. The SMILES string of the molecule is CCc1ccc(-c2ccc3c(c2)C=CCC3(F)F)cc1. The molecule has 2 aromatic carbocycles. The first-order chi connectivity index (χ1) is 9.60. The molecule has 0 aliphatic heterocycles. The zero-order chi connectivity index (χ0) is 14.2. The fraction of sp³-hybridized carbons (Fsp3) is 0.222. The minimum absolute atomic E-state index is 0.133. The minimum atomic E-state index is -2.74. The van der Waals surface area contributed by atoms with Gasteiger partial charge >= 0.3 is 0 Å². The summed E-state index contributed by atoms with van der Waals surface area (Å²) >= 11 is 0. The van der Waals surface area contributed by atoms with E-state index in [1.54, 1.807) is 24.3 Å². The summed E-state index contributed by atoms with van der Waals surface area (Å²) in [5.74, 6) is -2.74. The zero-order valence-electron chi connectivity index (χ0n) is 11.4. The van der Waals surface area contributed by atoms with Crippen molar-refractivity contribution in [3.05, 3.63) is 65.2 Å². The molecule has 0 spiro atoms. The quantitative estimate of drug-likeness (QED) is 0.683. The summed E-state index contributed by atoms with van der Waals surface area (Å²) in [4.78, 5) is 0. The van der Waals surface area contributed by atoms with Gasteiger partial charge in [-0.2, -0.15) is 0 Å². The highest BCUT2D eigenvalue weighted by Crippen LogP contribution is 2.39. The smallest absolute Gasteiger partial charge is 0.201 e. The lowest BCUT2D eigenvalue weighted by atomic mass is 9.90. The molecule has 0 fully saturated rings. The van der Waals surface area contributed by atoms with E-state index in [9.17, 15) is 8.78 Å². The van der Waals surface area contributed by atoms with Gasteiger partial charge in [-0.25, -0.2) is 8.78 Å². The van der Waals surface area contributed by atoms with Gasteiger partial charge in [0.15, 0.2) is 0 Å². The Morgan fingerprint density at radius 3 is 2.40 bits per heavy atom. The van der Waals surface area contributed by atoms with E-state index in [1.807, 2.05) is 18.2 Å². The highest BCUT2D eigenvalue weighted by molar-refractivity contribution is 5.70. The lowest BCUT2D eigenvalue weighted by molar-refractivity contribution is -0.00220. The third-order valence-corrected chi connectivity index (χ3v) is 3.81. The molecule has 102 valence electrons. The van der Waals surface area contributed by atoms with Gasteiger partial charge < -0.3 is 0 Å². The molecule has 0 saturated heterocycles. The fourth-order valence-electron chi connectivity index (χ4n) is 2.59. The number of hydrogen-bond donors (Lipinski definition) is 0. The number of benzene rings is 2. The molecule has 3 rings (SSSR count). The largest absolute Gasteiger partial charge is 0.277 e. The number of halogens is 2. The Morgan fingerprint density at radius 1 is 1.00 bits per heavy atom. The van der Waals surface area contributed by atoms with E-state index in [4.69, 9.17) is 0 Å². The predicted octanol–water partition coefficient (Wildman–Crippen LogP) is 5.42. The molecule has 0 N–H and O–H groups in total. The lowest BCUT2D eigenvalue weighted by Gasteiger charge is -2.21. The molecular formula is C18H16F2. The molecule has 0 saturated carbocycles. The van der Waals surface area contributed by atoms with Crippen LogP contribution < -0.4 is 0 Å². The van der Waals surface area contributed by atoms with Gasteiger partial charge in [-0.05, 0) is 34.7 Å². The van der Waals surface area contributed by atoms with E-state index in [-0.39, 0.29) is 12.0 Å². The van der Waals surface area contributed by atoms with Gasteiger partial charge in [0.2, 0.25) is 0 Å². The molecule has 0 nitrogen and oxygen atoms in total. The van der Waals surface area contributed by atoms with E-state index in [0.29, 0.717) is 5.56 Å². The molecule has 0 amide bonds. The molecule has 1 aliphatic carbocycles. The highest BCUT2D eigenvalue weighted by atomic mass is 19.3. The van der Waals surface area contributed by atoms with Gasteiger partial charge in [0.05, 0.1) is 0 Å². The number of hydrogen-bond acceptors (Lipinski definition) is 0. The topological polar surface area (TPSA) is 0 Å². The van der Waals surface area contributed by atoms with Crippen LogP contribution in [0, 0.1) is 0 Å². The Hall–Kier alpha value is -1.96. The summed E-state index contributed by atoms with van der Waals surface area (Å²) in [5.41, 5.74) is 4.08. The second-order valence-corrected chi connectivity index (χ2v) is 5.16. The third-order valence-electron chi connectivity index (χ3n) is 3.81. The first-order valence-corrected chi connectivity index (χ1v) is 6.88. The Bertz CT molecular complexity index is 652. The van der Waals surface area contributed by atoms with Gasteiger partial charge in [-0.15, -0.1) is 0 Å². The van der Waals surface area contributed by atoms with Crippen LogP contribution in [-0.2, 0) is 12.3 Å². The van der Waals surface area contributed by atoms with Crippen molar-refractivity contribution in [2.75, 3.05) is 0 Å². The van der Waals surface area contributed by atoms with Crippen LogP contribution in [0.4, 0.5) is 8.78 Å². The molecule has 1 aliphatic rings. The summed E-state index contributed by atoms with van der Waals surface area (Å²) in [7, 11) is 0. The van der Waals surface area contributed by atoms with E-state index in [0.717, 1.165) is 17.5 Å². The number of fused-ring (bicyclic) bond motifs is 1. The standard InChI is InChI=1S/C18H16F2/c1-2-13-5-7-14(8-6-13)15-9-10-17-16(12-15)4-3-11-18(17,19)20/h3-10,12H,2,11H2,1H3. The Balaban J connectivity index is 2.02. The molecule has 2 heteroatoms. The molecule has 0 atom stereocenters. The van der Waals surface area contributed by atoms with Gasteiger partial charge in [-0.1, -0.05) is 55.5 Å². The predicted molar refractivity (Wildman–Crippen MR) is 78.8 cm³/mol. The van der Waals surface area contributed by atoms with Crippen molar-refractivity contribution in [1.82, 2.24) is 0 Å². The van der Waals surface area contributed by atoms with Crippen LogP contribution in [0.15, 0.2) is 48.5 Å². The summed E-state index contributed by atoms with van der Waals surface area (Å²) in [6, 6.07) is 13.4. The van der Waals surface area contributed by atoms with Crippen LogP contribution in [0.3, 0.4) is 0 Å². The van der Waals surface area contributed by atoms with Crippen molar-refractivity contribution in [2.24, 2.45) is 0 Å². The zero-order valence-corrected chi connectivity index (χ0v) is 11.4. The molecule has 0 heterocycles. The van der Waals surface area contributed by atoms with Gasteiger partial charge in [-0.3, -0.25) is 0 Å². The van der Waals surface area contributed by atoms with Gasteiger partial charge in [0.25, 0.3) is 5.92 Å². The molecule has 0 radical (unpaired) electrons. The van der Waals surface area contributed by atoms with Crippen LogP contribution in [0.5, 0.6) is 0 Å². The third kappa shape index (κ3) is 2.26. The number of alkyl halides is 2. The van der Waals surface area contributed by atoms with Crippen LogP contribution >= 0.6 is 0 Å². The number of allylic oxidation sites excluding steroid dienone is 1. The average molecular weight is 270 g/mol. The lowest BCUT2D eigenvalue weighted by Crippen LogP contribution is -2.16. The fourth-order valence-corrected chi connectivity index (χ4v) is 2.59. The second-order valence-electron chi connectivity index (χ2n) is 5.16. The summed E-state index contributed by atoms with van der Waals surface area (Å²) in [6.45, 7) is 2.11. The van der Waals surface area contributed by atoms with Crippen LogP contribution in [-0.4, -0.2) is 0 Å². The maximum atomic E-state index is 13.8. The van der Waals surface area contributed by atoms with E-state index >= 15 is 0 Å². The van der Waals surface area contributed by atoms with Crippen molar-refractivity contribution >= 4 is 6.08 Å². The van der Waals surface area contributed by atoms with E-state index < -0.39 is 5.92 Å². The average Bonchev–Trinajstić information content (AvgIpc) is 2.46. The van der Waals surface area contributed by atoms with Crippen molar-refractivity contribution < 1.29 is 8.78 Å². The maximum Gasteiger partial charge on any atom is 0.277 e. The molecule has 0 unspecified atom stereocenters. The number of aryl methyl sites for hydroxylation is 1. The first kappa shape index (κ1) is 13.0. The van der Waals surface area contributed by atoms with Crippen LogP contribution in [0.2, 0.25) is 0 Å². The second kappa shape index (κ2) is 4.86. The molecular weight excluding hydrogens is 254 g/mol. The summed E-state index contributed by atoms with van der Waals surface area (Å²) < 4.78 is 27.6. The monoisotopic (exact) mass is 270 g/mol. The van der Waals surface area contributed by atoms with Crippen molar-refractivity contribution in [2.45, 2.75) is 25.7 Å². The highest BCUT2D eigenvalue weighted by Gasteiger charge is 2.34. The Morgan fingerprint density at radius 2 is 1.70 bits per heavy atom. The van der Waals surface area contributed by atoms with Crippen LogP contribution in [0.25, 0.3) is 17.2 Å². The Kier molecular flexibility index (Phi) is 3.17.